The second-order valence-corrected chi connectivity index (χ2v) is 7.69. The number of aromatic amines is 1. The van der Waals surface area contributed by atoms with Crippen molar-refractivity contribution in [2.24, 2.45) is 0 Å². The zero-order valence-electron chi connectivity index (χ0n) is 18.6. The third-order valence-corrected chi connectivity index (χ3v) is 5.70. The monoisotopic (exact) mass is 436 g/mol. The average molecular weight is 437 g/mol. The van der Waals surface area contributed by atoms with Crippen LogP contribution in [0, 0.1) is 0 Å². The van der Waals surface area contributed by atoms with Gasteiger partial charge in [0.2, 0.25) is 0 Å². The summed E-state index contributed by atoms with van der Waals surface area (Å²) in [5, 5.41) is 10.8. The van der Waals surface area contributed by atoms with E-state index in [0.717, 1.165) is 42.2 Å². The average Bonchev–Trinajstić information content (AvgIpc) is 3.34. The molecule has 2 heterocycles. The van der Waals surface area contributed by atoms with Crippen LogP contribution in [0.3, 0.4) is 0 Å². The lowest BCUT2D eigenvalue weighted by Gasteiger charge is -2.33. The van der Waals surface area contributed by atoms with Gasteiger partial charge in [-0.05, 0) is 54.8 Å². The molecule has 1 fully saturated rings. The van der Waals surface area contributed by atoms with Gasteiger partial charge in [0.15, 0.2) is 5.82 Å². The Morgan fingerprint density at radius 1 is 1.03 bits per heavy atom. The van der Waals surface area contributed by atoms with Crippen molar-refractivity contribution in [1.82, 2.24) is 15.5 Å². The number of ether oxygens (including phenoxy) is 3. The number of rotatable bonds is 7. The van der Waals surface area contributed by atoms with Crippen LogP contribution >= 0.6 is 0 Å². The van der Waals surface area contributed by atoms with E-state index in [-0.39, 0.29) is 11.9 Å². The quantitative estimate of drug-likeness (QED) is 0.589. The van der Waals surface area contributed by atoms with Gasteiger partial charge in [-0.2, -0.15) is 5.10 Å². The van der Waals surface area contributed by atoms with Gasteiger partial charge in [0, 0.05) is 31.3 Å². The van der Waals surface area contributed by atoms with Gasteiger partial charge in [-0.3, -0.25) is 9.89 Å². The second kappa shape index (κ2) is 9.64. The maximum Gasteiger partial charge on any atom is 0.255 e. The Morgan fingerprint density at radius 2 is 1.78 bits per heavy atom. The van der Waals surface area contributed by atoms with Crippen molar-refractivity contribution in [3.05, 3.63) is 54.1 Å². The van der Waals surface area contributed by atoms with E-state index in [9.17, 15) is 4.79 Å². The Labute approximate surface area is 187 Å². The lowest BCUT2D eigenvalue weighted by molar-refractivity contribution is 0.0930. The van der Waals surface area contributed by atoms with E-state index in [0.29, 0.717) is 23.6 Å². The van der Waals surface area contributed by atoms with Crippen molar-refractivity contribution in [3.63, 3.8) is 0 Å². The first-order valence-electron chi connectivity index (χ1n) is 10.6. The molecule has 1 aliphatic heterocycles. The number of carbonyl (C=O) groups is 1. The molecule has 32 heavy (non-hydrogen) atoms. The third-order valence-electron chi connectivity index (χ3n) is 5.70. The summed E-state index contributed by atoms with van der Waals surface area (Å²) in [5.41, 5.74) is 2.47. The standard InChI is InChI=1S/C24H28N4O4/c1-30-18-8-6-16(7-9-18)21-14-23(27-26-21)28-12-4-5-17(15-28)25-24(29)20-11-10-19(31-2)13-22(20)32-3/h6-11,13-14,17H,4-5,12,15H2,1-3H3,(H,25,29)(H,26,27). The van der Waals surface area contributed by atoms with E-state index >= 15 is 0 Å². The fourth-order valence-electron chi connectivity index (χ4n) is 3.94. The van der Waals surface area contributed by atoms with E-state index < -0.39 is 0 Å². The molecule has 2 aromatic carbocycles. The molecule has 1 saturated heterocycles. The van der Waals surface area contributed by atoms with Gasteiger partial charge in [0.1, 0.15) is 17.2 Å². The summed E-state index contributed by atoms with van der Waals surface area (Å²) >= 11 is 0. The predicted molar refractivity (Wildman–Crippen MR) is 123 cm³/mol. The van der Waals surface area contributed by atoms with E-state index in [1.54, 1.807) is 39.5 Å². The van der Waals surface area contributed by atoms with Crippen molar-refractivity contribution >= 4 is 11.7 Å². The normalized spacial score (nSPS) is 15.8. The minimum Gasteiger partial charge on any atom is -0.497 e. The molecule has 1 aromatic heterocycles. The molecule has 3 aromatic rings. The fourth-order valence-corrected chi connectivity index (χ4v) is 3.94. The molecule has 1 amide bonds. The fraction of sp³-hybridized carbons (Fsp3) is 0.333. The largest absolute Gasteiger partial charge is 0.497 e. The summed E-state index contributed by atoms with van der Waals surface area (Å²) in [6, 6.07) is 15.1. The molecule has 8 heteroatoms. The molecule has 168 valence electrons. The van der Waals surface area contributed by atoms with Gasteiger partial charge >= 0.3 is 0 Å². The van der Waals surface area contributed by atoms with Gasteiger partial charge in [-0.1, -0.05) is 0 Å². The number of H-pyrrole nitrogens is 1. The Kier molecular flexibility index (Phi) is 6.49. The number of methoxy groups -OCH3 is 3. The van der Waals surface area contributed by atoms with Crippen molar-refractivity contribution in [3.8, 4) is 28.5 Å². The summed E-state index contributed by atoms with van der Waals surface area (Å²) in [6.45, 7) is 1.59. The molecule has 0 bridgehead atoms. The van der Waals surface area contributed by atoms with Crippen molar-refractivity contribution in [1.29, 1.82) is 0 Å². The van der Waals surface area contributed by atoms with Crippen LogP contribution in [0.25, 0.3) is 11.3 Å². The summed E-state index contributed by atoms with van der Waals surface area (Å²) in [5.74, 6) is 2.67. The summed E-state index contributed by atoms with van der Waals surface area (Å²) in [4.78, 5) is 15.1. The maximum atomic E-state index is 12.9. The number of hydrogen-bond acceptors (Lipinski definition) is 6. The van der Waals surface area contributed by atoms with Crippen LogP contribution in [0.2, 0.25) is 0 Å². The molecular formula is C24H28N4O4. The van der Waals surface area contributed by atoms with E-state index in [1.807, 2.05) is 30.3 Å². The zero-order chi connectivity index (χ0) is 22.5. The number of benzene rings is 2. The van der Waals surface area contributed by atoms with E-state index in [4.69, 9.17) is 14.2 Å². The molecule has 4 rings (SSSR count). The number of piperidine rings is 1. The van der Waals surface area contributed by atoms with Gasteiger partial charge in [-0.25, -0.2) is 0 Å². The second-order valence-electron chi connectivity index (χ2n) is 7.69. The minimum absolute atomic E-state index is 0.0178. The van der Waals surface area contributed by atoms with E-state index in [2.05, 4.69) is 20.4 Å². The summed E-state index contributed by atoms with van der Waals surface area (Å²) in [6.07, 6.45) is 1.88. The number of anilines is 1. The molecule has 0 saturated carbocycles. The van der Waals surface area contributed by atoms with Gasteiger partial charge in [0.25, 0.3) is 5.91 Å². The Bertz CT molecular complexity index is 1060. The SMILES string of the molecule is COc1ccc(-c2cc(N3CCCC(NC(=O)c4ccc(OC)cc4OC)C3)n[nH]2)cc1. The van der Waals surface area contributed by atoms with Gasteiger partial charge in [-0.15, -0.1) is 0 Å². The van der Waals surface area contributed by atoms with Crippen LogP contribution in [0.1, 0.15) is 23.2 Å². The predicted octanol–water partition coefficient (Wildman–Crippen LogP) is 3.50. The summed E-state index contributed by atoms with van der Waals surface area (Å²) < 4.78 is 15.8. The van der Waals surface area contributed by atoms with Gasteiger partial charge < -0.3 is 24.4 Å². The Hall–Kier alpha value is -3.68. The lowest BCUT2D eigenvalue weighted by Crippen LogP contribution is -2.48. The van der Waals surface area contributed by atoms with Crippen LogP contribution < -0.4 is 24.4 Å². The van der Waals surface area contributed by atoms with Crippen molar-refractivity contribution in [2.75, 3.05) is 39.3 Å². The maximum absolute atomic E-state index is 12.9. The topological polar surface area (TPSA) is 88.7 Å². The van der Waals surface area contributed by atoms with E-state index in [1.165, 1.54) is 0 Å². The number of aromatic nitrogens is 2. The summed E-state index contributed by atoms with van der Waals surface area (Å²) in [7, 11) is 4.78. The van der Waals surface area contributed by atoms with Crippen molar-refractivity contribution in [2.45, 2.75) is 18.9 Å². The highest BCUT2D eigenvalue weighted by Gasteiger charge is 2.25. The molecule has 8 nitrogen and oxygen atoms in total. The first kappa shape index (κ1) is 21.5. The zero-order valence-corrected chi connectivity index (χ0v) is 18.6. The van der Waals surface area contributed by atoms with Crippen molar-refractivity contribution < 1.29 is 19.0 Å². The number of nitrogens with one attached hydrogen (secondary N) is 2. The smallest absolute Gasteiger partial charge is 0.255 e. The highest BCUT2D eigenvalue weighted by molar-refractivity contribution is 5.97. The minimum atomic E-state index is -0.155. The molecule has 1 aliphatic rings. The van der Waals surface area contributed by atoms with Crippen LogP contribution in [-0.2, 0) is 0 Å². The number of amides is 1. The Morgan fingerprint density at radius 3 is 2.50 bits per heavy atom. The first-order chi connectivity index (χ1) is 15.6. The molecule has 0 radical (unpaired) electrons. The number of hydrogen-bond donors (Lipinski definition) is 2. The first-order valence-corrected chi connectivity index (χ1v) is 10.6. The molecule has 1 unspecified atom stereocenters. The highest BCUT2D eigenvalue weighted by atomic mass is 16.5. The highest BCUT2D eigenvalue weighted by Crippen LogP contribution is 2.27. The molecule has 0 aliphatic carbocycles. The van der Waals surface area contributed by atoms with Crippen LogP contribution in [0.4, 0.5) is 5.82 Å². The van der Waals surface area contributed by atoms with Crippen LogP contribution in [-0.4, -0.2) is 56.6 Å². The molecular weight excluding hydrogens is 408 g/mol. The van der Waals surface area contributed by atoms with Crippen LogP contribution in [0.15, 0.2) is 48.5 Å². The lowest BCUT2D eigenvalue weighted by atomic mass is 10.0. The number of carbonyl (C=O) groups excluding carboxylic acids is 1. The van der Waals surface area contributed by atoms with Gasteiger partial charge in [0.05, 0.1) is 32.6 Å². The third kappa shape index (κ3) is 4.64. The molecule has 2 N–H and O–H groups in total. The molecule has 1 atom stereocenters. The van der Waals surface area contributed by atoms with Crippen LogP contribution in [0.5, 0.6) is 17.2 Å². The Balaban J connectivity index is 1.42. The number of nitrogens with zero attached hydrogens (tertiary/aromatic N) is 2. The molecule has 0 spiro atoms.